The van der Waals surface area contributed by atoms with Gasteiger partial charge in [0.15, 0.2) is 6.61 Å². The molecule has 134 valence electrons. The zero-order valence-electron chi connectivity index (χ0n) is 13.8. The predicted molar refractivity (Wildman–Crippen MR) is 91.7 cm³/mol. The summed E-state index contributed by atoms with van der Waals surface area (Å²) < 4.78 is 9.66. The van der Waals surface area contributed by atoms with Crippen molar-refractivity contribution in [1.29, 1.82) is 0 Å². The van der Waals surface area contributed by atoms with Gasteiger partial charge in [-0.2, -0.15) is 0 Å². The van der Waals surface area contributed by atoms with Crippen LogP contribution in [0.25, 0.3) is 11.1 Å². The van der Waals surface area contributed by atoms with Gasteiger partial charge in [0.05, 0.1) is 0 Å². The van der Waals surface area contributed by atoms with E-state index in [4.69, 9.17) is 9.84 Å². The Labute approximate surface area is 149 Å². The molecule has 0 aromatic heterocycles. The monoisotopic (exact) mass is 355 g/mol. The number of amides is 1. The summed E-state index contributed by atoms with van der Waals surface area (Å²) in [6.07, 6.45) is -0.765. The van der Waals surface area contributed by atoms with Crippen LogP contribution in [0.5, 0.6) is 0 Å². The molecule has 3 rings (SSSR count). The van der Waals surface area contributed by atoms with Gasteiger partial charge in [-0.3, -0.25) is 4.79 Å². The maximum absolute atomic E-state index is 11.8. The molecule has 0 bridgehead atoms. The van der Waals surface area contributed by atoms with Crippen molar-refractivity contribution in [3.63, 3.8) is 0 Å². The molecule has 0 heterocycles. The lowest BCUT2D eigenvalue weighted by molar-refractivity contribution is -0.154. The third kappa shape index (κ3) is 3.83. The smallest absolute Gasteiger partial charge is 0.407 e. The number of esters is 1. The van der Waals surface area contributed by atoms with Crippen LogP contribution in [-0.4, -0.2) is 42.9 Å². The molecule has 2 aromatic carbocycles. The molecule has 0 radical (unpaired) electrons. The molecule has 1 aliphatic rings. The summed E-state index contributed by atoms with van der Waals surface area (Å²) in [4.78, 5) is 33.4. The van der Waals surface area contributed by atoms with Crippen molar-refractivity contribution < 1.29 is 29.0 Å². The Kier molecular flexibility index (Phi) is 5.17. The molecule has 2 aromatic rings. The number of carbonyl (C=O) groups excluding carboxylic acids is 2. The average molecular weight is 355 g/mol. The molecular weight excluding hydrogens is 338 g/mol. The summed E-state index contributed by atoms with van der Waals surface area (Å²) >= 11 is 0. The van der Waals surface area contributed by atoms with Crippen LogP contribution in [0.3, 0.4) is 0 Å². The molecule has 0 atom stereocenters. The van der Waals surface area contributed by atoms with E-state index in [2.05, 4.69) is 10.1 Å². The fourth-order valence-electron chi connectivity index (χ4n) is 2.99. The summed E-state index contributed by atoms with van der Waals surface area (Å²) in [6.45, 7) is -1.07. The predicted octanol–water partition coefficient (Wildman–Crippen LogP) is 2.15. The Morgan fingerprint density at radius 3 is 2.08 bits per heavy atom. The topological polar surface area (TPSA) is 102 Å². The van der Waals surface area contributed by atoms with E-state index in [0.717, 1.165) is 22.3 Å². The van der Waals surface area contributed by atoms with Crippen LogP contribution in [0.2, 0.25) is 0 Å². The van der Waals surface area contributed by atoms with Crippen molar-refractivity contribution in [2.24, 2.45) is 0 Å². The third-order valence-corrected chi connectivity index (χ3v) is 4.08. The number of carboxylic acids is 1. The number of ether oxygens (including phenoxy) is 2. The molecule has 0 unspecified atom stereocenters. The fraction of sp³-hybridized carbons (Fsp3) is 0.211. The second-order valence-electron chi connectivity index (χ2n) is 5.73. The Morgan fingerprint density at radius 1 is 0.923 bits per heavy atom. The summed E-state index contributed by atoms with van der Waals surface area (Å²) in [5.41, 5.74) is 4.41. The van der Waals surface area contributed by atoms with Crippen LogP contribution in [0.4, 0.5) is 4.79 Å². The van der Waals surface area contributed by atoms with E-state index in [1.54, 1.807) is 0 Å². The molecule has 1 aliphatic carbocycles. The number of hydrogen-bond donors (Lipinski definition) is 2. The van der Waals surface area contributed by atoms with E-state index in [0.29, 0.717) is 0 Å². The zero-order chi connectivity index (χ0) is 18.5. The number of rotatable bonds is 6. The Bertz CT molecular complexity index is 802. The average Bonchev–Trinajstić information content (AvgIpc) is 2.97. The Morgan fingerprint density at radius 2 is 1.50 bits per heavy atom. The van der Waals surface area contributed by atoms with Gasteiger partial charge in [-0.1, -0.05) is 48.5 Å². The van der Waals surface area contributed by atoms with E-state index in [1.807, 2.05) is 48.5 Å². The second-order valence-corrected chi connectivity index (χ2v) is 5.73. The van der Waals surface area contributed by atoms with Crippen LogP contribution in [0, 0.1) is 0 Å². The summed E-state index contributed by atoms with van der Waals surface area (Å²) in [7, 11) is 0. The summed E-state index contributed by atoms with van der Waals surface area (Å²) in [6, 6.07) is 15.9. The van der Waals surface area contributed by atoms with Crippen molar-refractivity contribution in [2.45, 2.75) is 5.92 Å². The van der Waals surface area contributed by atoms with E-state index in [9.17, 15) is 14.4 Å². The van der Waals surface area contributed by atoms with E-state index < -0.39 is 31.2 Å². The number of alkyl carbamates (subject to hydrolysis) is 1. The molecule has 0 spiro atoms. The second kappa shape index (κ2) is 7.69. The highest BCUT2D eigenvalue weighted by Gasteiger charge is 2.29. The molecule has 0 fully saturated rings. The van der Waals surface area contributed by atoms with Gasteiger partial charge in [0.25, 0.3) is 0 Å². The molecule has 26 heavy (non-hydrogen) atoms. The van der Waals surface area contributed by atoms with Crippen LogP contribution in [0.1, 0.15) is 17.0 Å². The van der Waals surface area contributed by atoms with Crippen molar-refractivity contribution in [3.05, 3.63) is 59.7 Å². The first-order chi connectivity index (χ1) is 12.6. The van der Waals surface area contributed by atoms with Crippen LogP contribution >= 0.6 is 0 Å². The molecular formula is C19H17NO6. The zero-order valence-corrected chi connectivity index (χ0v) is 13.8. The Balaban J connectivity index is 1.57. The highest BCUT2D eigenvalue weighted by atomic mass is 16.6. The normalized spacial score (nSPS) is 12.0. The van der Waals surface area contributed by atoms with E-state index >= 15 is 0 Å². The van der Waals surface area contributed by atoms with Crippen molar-refractivity contribution >= 4 is 18.0 Å². The van der Waals surface area contributed by atoms with Crippen molar-refractivity contribution in [3.8, 4) is 11.1 Å². The Hall–Kier alpha value is -3.35. The van der Waals surface area contributed by atoms with Gasteiger partial charge in [-0.05, 0) is 22.3 Å². The number of carboxylic acid groups (broad SMARTS) is 1. The number of hydrogen-bond acceptors (Lipinski definition) is 5. The quantitative estimate of drug-likeness (QED) is 0.770. The SMILES string of the molecule is O=C(O)COC(=O)CNC(=O)OCC1c2ccccc2-c2ccccc21. The number of benzene rings is 2. The first-order valence-corrected chi connectivity index (χ1v) is 8.02. The van der Waals surface area contributed by atoms with Crippen LogP contribution in [-0.2, 0) is 19.1 Å². The lowest BCUT2D eigenvalue weighted by Gasteiger charge is -2.14. The van der Waals surface area contributed by atoms with Gasteiger partial charge >= 0.3 is 18.0 Å². The first kappa shape index (κ1) is 17.5. The highest BCUT2D eigenvalue weighted by molar-refractivity contribution is 5.81. The minimum atomic E-state index is -1.26. The van der Waals surface area contributed by atoms with Crippen LogP contribution < -0.4 is 5.32 Å². The van der Waals surface area contributed by atoms with Gasteiger partial charge in [0.1, 0.15) is 13.2 Å². The molecule has 2 N–H and O–H groups in total. The van der Waals surface area contributed by atoms with E-state index in [1.165, 1.54) is 0 Å². The number of aliphatic carboxylic acids is 1. The molecule has 7 nitrogen and oxygen atoms in total. The molecule has 0 saturated heterocycles. The third-order valence-electron chi connectivity index (χ3n) is 4.08. The minimum Gasteiger partial charge on any atom is -0.479 e. The molecule has 0 aliphatic heterocycles. The molecule has 0 saturated carbocycles. The minimum absolute atomic E-state index is 0.0767. The number of carbonyl (C=O) groups is 3. The van der Waals surface area contributed by atoms with Crippen LogP contribution in [0.15, 0.2) is 48.5 Å². The molecule has 1 amide bonds. The summed E-state index contributed by atoms with van der Waals surface area (Å²) in [5, 5.41) is 10.7. The van der Waals surface area contributed by atoms with Gasteiger partial charge in [0.2, 0.25) is 0 Å². The van der Waals surface area contributed by atoms with Crippen molar-refractivity contribution in [2.75, 3.05) is 19.8 Å². The standard InChI is InChI=1S/C19H17NO6/c21-17(22)11-25-18(23)9-20-19(24)26-10-16-14-7-3-1-5-12(14)13-6-2-4-8-15(13)16/h1-8,16H,9-11H2,(H,20,24)(H,21,22). The largest absolute Gasteiger partial charge is 0.479 e. The maximum Gasteiger partial charge on any atom is 0.407 e. The first-order valence-electron chi connectivity index (χ1n) is 8.02. The van der Waals surface area contributed by atoms with E-state index in [-0.39, 0.29) is 12.5 Å². The number of nitrogens with one attached hydrogen (secondary N) is 1. The maximum atomic E-state index is 11.8. The van der Waals surface area contributed by atoms with Gasteiger partial charge in [-0.15, -0.1) is 0 Å². The van der Waals surface area contributed by atoms with Gasteiger partial charge in [0, 0.05) is 5.92 Å². The van der Waals surface area contributed by atoms with Gasteiger partial charge in [-0.25, -0.2) is 9.59 Å². The molecule has 7 heteroatoms. The fourth-order valence-corrected chi connectivity index (χ4v) is 2.99. The summed E-state index contributed by atoms with van der Waals surface area (Å²) in [5.74, 6) is -2.19. The number of fused-ring (bicyclic) bond motifs is 3. The highest BCUT2D eigenvalue weighted by Crippen LogP contribution is 2.44. The lowest BCUT2D eigenvalue weighted by Crippen LogP contribution is -2.32. The van der Waals surface area contributed by atoms with Gasteiger partial charge < -0.3 is 19.9 Å². The van der Waals surface area contributed by atoms with Crippen molar-refractivity contribution in [1.82, 2.24) is 5.32 Å². The lowest BCUT2D eigenvalue weighted by atomic mass is 9.98.